The molecule has 58 heavy (non-hydrogen) atoms. The highest BCUT2D eigenvalue weighted by Crippen LogP contribution is 2.40. The van der Waals surface area contributed by atoms with E-state index in [-0.39, 0.29) is 29.9 Å². The second kappa shape index (κ2) is 16.3. The van der Waals surface area contributed by atoms with Crippen LogP contribution in [-0.4, -0.2) is 81.6 Å². The van der Waals surface area contributed by atoms with E-state index < -0.39 is 18.0 Å². The van der Waals surface area contributed by atoms with Gasteiger partial charge in [-0.3, -0.25) is 50.3 Å². The number of benzene rings is 2. The number of thiophene rings is 1. The van der Waals surface area contributed by atoms with E-state index in [4.69, 9.17) is 32.4 Å². The molecule has 4 aliphatic heterocycles. The molecule has 4 N–H and O–H groups in total. The van der Waals surface area contributed by atoms with E-state index in [0.29, 0.717) is 29.5 Å². The number of carbonyl (C=O) groups excluding carboxylic acids is 3. The Morgan fingerprint density at radius 1 is 1.05 bits per heavy atom. The first-order valence-electron chi connectivity index (χ1n) is 19.6. The van der Waals surface area contributed by atoms with Crippen LogP contribution in [0.25, 0.3) is 0 Å². The summed E-state index contributed by atoms with van der Waals surface area (Å²) >= 11 is 7.68. The van der Waals surface area contributed by atoms with Crippen LogP contribution in [0.15, 0.2) is 65.8 Å². The first-order chi connectivity index (χ1) is 27.9. The van der Waals surface area contributed by atoms with Crippen molar-refractivity contribution in [3.8, 4) is 11.8 Å². The van der Waals surface area contributed by atoms with Crippen LogP contribution in [0.4, 0.5) is 10.7 Å². The van der Waals surface area contributed by atoms with Gasteiger partial charge in [0.25, 0.3) is 5.91 Å². The maximum atomic E-state index is 13.2. The molecule has 2 aromatic heterocycles. The van der Waals surface area contributed by atoms with Crippen LogP contribution >= 0.6 is 22.9 Å². The minimum absolute atomic E-state index is 0.162. The maximum Gasteiger partial charge on any atom is 0.255 e. The highest BCUT2D eigenvalue weighted by molar-refractivity contribution is 7.17. The molecule has 0 spiro atoms. The lowest BCUT2D eigenvalue weighted by atomic mass is 9.96. The number of halogens is 1. The summed E-state index contributed by atoms with van der Waals surface area (Å²) in [5, 5.41) is 24.8. The molecule has 2 saturated heterocycles. The summed E-state index contributed by atoms with van der Waals surface area (Å²) in [6.45, 7) is 9.41. The Morgan fingerprint density at radius 2 is 1.83 bits per heavy atom. The van der Waals surface area contributed by atoms with Gasteiger partial charge in [-0.1, -0.05) is 41.6 Å². The Labute approximate surface area is 346 Å². The third kappa shape index (κ3) is 7.79. The SMILES string of the molecule is CC(=N)N1C(=N)[C@H](C)N=C(c2ccc(Cl)cc2)c2c1sc(C#Cc1ccc(CN3CCC(CNc4cccc5c4CN(C4CCC(=O)NC4=O)C5=O)CC3)nc1)c2C. The Bertz CT molecular complexity index is 2420. The summed E-state index contributed by atoms with van der Waals surface area (Å²) in [5.74, 6) is 6.79. The zero-order valence-electron chi connectivity index (χ0n) is 32.6. The van der Waals surface area contributed by atoms with Crippen molar-refractivity contribution in [1.82, 2.24) is 20.1 Å². The maximum absolute atomic E-state index is 13.2. The van der Waals surface area contributed by atoms with Crippen molar-refractivity contribution >= 4 is 68.7 Å². The number of nitrogens with zero attached hydrogens (tertiary/aromatic N) is 5. The topological polar surface area (TPSA) is 158 Å². The highest BCUT2D eigenvalue weighted by Gasteiger charge is 2.40. The third-order valence-corrected chi connectivity index (χ3v) is 12.8. The molecule has 0 saturated carbocycles. The van der Waals surface area contributed by atoms with E-state index in [0.717, 1.165) is 93.8 Å². The Kier molecular flexibility index (Phi) is 11.0. The Hall–Kier alpha value is -5.68. The predicted octanol–water partition coefficient (Wildman–Crippen LogP) is 6.61. The zero-order chi connectivity index (χ0) is 40.7. The smallest absolute Gasteiger partial charge is 0.255 e. The summed E-state index contributed by atoms with van der Waals surface area (Å²) < 4.78 is 0. The molecular formula is C44H44ClN9O3S. The van der Waals surface area contributed by atoms with Gasteiger partial charge in [0.2, 0.25) is 11.8 Å². The lowest BCUT2D eigenvalue weighted by molar-refractivity contribution is -0.136. The van der Waals surface area contributed by atoms with Crippen LogP contribution in [0.2, 0.25) is 5.02 Å². The van der Waals surface area contributed by atoms with Crippen molar-refractivity contribution in [2.75, 3.05) is 29.9 Å². The number of imide groups is 1. The number of hydrogen-bond donors (Lipinski definition) is 4. The third-order valence-electron chi connectivity index (χ3n) is 11.4. The number of piperidine rings is 2. The molecule has 3 amide bonds. The van der Waals surface area contributed by atoms with E-state index in [2.05, 4.69) is 27.4 Å². The van der Waals surface area contributed by atoms with E-state index in [1.54, 1.807) is 16.7 Å². The van der Waals surface area contributed by atoms with Crippen LogP contribution in [0.1, 0.15) is 88.3 Å². The standard InChI is InChI=1S/C44H44ClN9O3S/c1-25-37(58-44-39(25)40(30-9-11-31(45)12-10-30)50-26(2)41(47)54(44)27(3)46)15-8-28-7-13-32(48-21-28)23-52-19-17-29(18-20-52)22-49-35-6-4-5-33-34(35)24-53(43(33)57)36-14-16-38(55)51-42(36)56/h4-7,9-13,21,26,29,36,46-47,49H,14,16-20,22-24H2,1-3H3,(H,51,55,56)/t26-,36?/m0/s1. The normalized spacial score (nSPS) is 19.8. The predicted molar refractivity (Wildman–Crippen MR) is 228 cm³/mol. The van der Waals surface area contributed by atoms with E-state index in [1.165, 1.54) is 11.3 Å². The molecule has 2 aromatic carbocycles. The van der Waals surface area contributed by atoms with E-state index in [9.17, 15) is 14.4 Å². The van der Waals surface area contributed by atoms with Crippen LogP contribution in [0.3, 0.4) is 0 Å². The number of carbonyl (C=O) groups is 3. The van der Waals surface area contributed by atoms with Gasteiger partial charge in [0, 0.05) is 70.8 Å². The number of nitrogens with one attached hydrogen (secondary N) is 4. The molecule has 2 atom stereocenters. The molecule has 8 rings (SSSR count). The fraction of sp³-hybridized carbons (Fsp3) is 0.341. The number of rotatable bonds is 7. The van der Waals surface area contributed by atoms with Crippen molar-refractivity contribution in [2.24, 2.45) is 10.9 Å². The molecule has 0 radical (unpaired) electrons. The summed E-state index contributed by atoms with van der Waals surface area (Å²) in [7, 11) is 0. The van der Waals surface area contributed by atoms with Crippen LogP contribution in [-0.2, 0) is 22.7 Å². The average molecular weight is 814 g/mol. The van der Waals surface area contributed by atoms with Gasteiger partial charge in [-0.15, -0.1) is 11.3 Å². The first kappa shape index (κ1) is 39.2. The van der Waals surface area contributed by atoms with Gasteiger partial charge >= 0.3 is 0 Å². The van der Waals surface area contributed by atoms with E-state index >= 15 is 0 Å². The molecule has 1 unspecified atom stereocenters. The molecule has 4 aromatic rings. The van der Waals surface area contributed by atoms with Crippen LogP contribution in [0, 0.1) is 35.5 Å². The Balaban J connectivity index is 0.883. The molecule has 296 valence electrons. The fourth-order valence-electron chi connectivity index (χ4n) is 8.13. The molecular weight excluding hydrogens is 770 g/mol. The number of anilines is 2. The van der Waals surface area contributed by atoms with Gasteiger partial charge < -0.3 is 10.2 Å². The number of fused-ring (bicyclic) bond motifs is 2. The largest absolute Gasteiger partial charge is 0.384 e. The number of amides is 3. The first-order valence-corrected chi connectivity index (χ1v) is 20.8. The molecule has 12 nitrogen and oxygen atoms in total. The highest BCUT2D eigenvalue weighted by atomic mass is 35.5. The number of aliphatic imine (C=N–C) groups is 1. The van der Waals surface area contributed by atoms with Crippen molar-refractivity contribution in [3.63, 3.8) is 0 Å². The summed E-state index contributed by atoms with van der Waals surface area (Å²) in [5.41, 5.74) is 7.73. The van der Waals surface area contributed by atoms with Crippen molar-refractivity contribution in [1.29, 1.82) is 10.8 Å². The lowest BCUT2D eigenvalue weighted by Crippen LogP contribution is -2.52. The molecule has 4 aliphatic rings. The molecule has 14 heteroatoms. The number of likely N-dealkylation sites (tertiary alicyclic amines) is 1. The quantitative estimate of drug-likeness (QED) is 0.0708. The van der Waals surface area contributed by atoms with Gasteiger partial charge in [-0.2, -0.15) is 0 Å². The van der Waals surface area contributed by atoms with Crippen molar-refractivity contribution < 1.29 is 14.4 Å². The van der Waals surface area contributed by atoms with Crippen molar-refractivity contribution in [2.45, 2.75) is 71.6 Å². The number of amidine groups is 2. The number of aromatic nitrogens is 1. The summed E-state index contributed by atoms with van der Waals surface area (Å²) in [4.78, 5) is 53.7. The summed E-state index contributed by atoms with van der Waals surface area (Å²) in [6.07, 6.45) is 4.48. The number of hydrogen-bond acceptors (Lipinski definition) is 10. The average Bonchev–Trinajstić information content (AvgIpc) is 3.68. The number of pyridine rings is 1. The van der Waals surface area contributed by atoms with E-state index in [1.807, 2.05) is 74.6 Å². The fourth-order valence-corrected chi connectivity index (χ4v) is 9.49. The van der Waals surface area contributed by atoms with Gasteiger partial charge in [0.05, 0.1) is 16.3 Å². The monoisotopic (exact) mass is 813 g/mol. The molecule has 6 heterocycles. The lowest BCUT2D eigenvalue weighted by Gasteiger charge is -2.32. The van der Waals surface area contributed by atoms with Gasteiger partial charge in [-0.05, 0) is 101 Å². The van der Waals surface area contributed by atoms with Gasteiger partial charge in [0.1, 0.15) is 28.8 Å². The second-order valence-corrected chi connectivity index (χ2v) is 16.8. The molecule has 2 fully saturated rings. The molecule has 0 bridgehead atoms. The summed E-state index contributed by atoms with van der Waals surface area (Å²) in [6, 6.07) is 16.2. The van der Waals surface area contributed by atoms with Crippen molar-refractivity contribution in [3.05, 3.63) is 110 Å². The van der Waals surface area contributed by atoms with Crippen LogP contribution in [0.5, 0.6) is 0 Å². The zero-order valence-corrected chi connectivity index (χ0v) is 34.2. The second-order valence-electron chi connectivity index (χ2n) is 15.3. The Morgan fingerprint density at radius 3 is 2.53 bits per heavy atom. The van der Waals surface area contributed by atoms with Gasteiger partial charge in [-0.25, -0.2) is 0 Å². The minimum atomic E-state index is -0.628. The minimum Gasteiger partial charge on any atom is -0.384 e. The van der Waals surface area contributed by atoms with Crippen LogP contribution < -0.4 is 15.5 Å². The van der Waals surface area contributed by atoms with Gasteiger partial charge in [0.15, 0.2) is 0 Å². The molecule has 0 aliphatic carbocycles.